The van der Waals surface area contributed by atoms with Crippen LogP contribution in [0.2, 0.25) is 0 Å². The molecule has 6 heteroatoms. The van der Waals surface area contributed by atoms with Gasteiger partial charge in [-0.05, 0) is 62.2 Å². The van der Waals surface area contributed by atoms with Gasteiger partial charge in [0.1, 0.15) is 0 Å². The molecule has 0 spiro atoms. The fraction of sp³-hybridized carbons (Fsp3) is 0.435. The summed E-state index contributed by atoms with van der Waals surface area (Å²) in [6.07, 6.45) is 0.938. The van der Waals surface area contributed by atoms with Gasteiger partial charge in [-0.15, -0.1) is 0 Å². The first kappa shape index (κ1) is 20.0. The molecule has 4 rings (SSSR count). The Morgan fingerprint density at radius 2 is 1.83 bits per heavy atom. The van der Waals surface area contributed by atoms with Crippen LogP contribution in [0.1, 0.15) is 41.4 Å². The van der Waals surface area contributed by atoms with E-state index >= 15 is 0 Å². The van der Waals surface area contributed by atoms with Crippen molar-refractivity contribution in [1.82, 2.24) is 4.90 Å². The van der Waals surface area contributed by atoms with E-state index in [0.717, 1.165) is 55.4 Å². The predicted octanol–water partition coefficient (Wildman–Crippen LogP) is 4.58. The van der Waals surface area contributed by atoms with Crippen molar-refractivity contribution in [2.75, 3.05) is 43.6 Å². The van der Waals surface area contributed by atoms with E-state index in [2.05, 4.69) is 43.0 Å². The van der Waals surface area contributed by atoms with Gasteiger partial charge in [0, 0.05) is 48.4 Å². The number of rotatable bonds is 5. The van der Waals surface area contributed by atoms with Crippen LogP contribution in [0.3, 0.4) is 0 Å². The van der Waals surface area contributed by atoms with E-state index in [0.29, 0.717) is 12.0 Å². The minimum atomic E-state index is 0.128. The van der Waals surface area contributed by atoms with Gasteiger partial charge in [-0.25, -0.2) is 0 Å². The zero-order valence-electron chi connectivity index (χ0n) is 17.1. The van der Waals surface area contributed by atoms with Crippen molar-refractivity contribution in [2.24, 2.45) is 0 Å². The van der Waals surface area contributed by atoms with Crippen LogP contribution in [0.15, 0.2) is 42.5 Å². The lowest BCUT2D eigenvalue weighted by Crippen LogP contribution is -2.33. The van der Waals surface area contributed by atoms with Gasteiger partial charge in [0.15, 0.2) is 11.5 Å². The Hall–Kier alpha value is -2.34. The molecule has 29 heavy (non-hydrogen) atoms. The predicted molar refractivity (Wildman–Crippen MR) is 118 cm³/mol. The van der Waals surface area contributed by atoms with E-state index in [4.69, 9.17) is 9.47 Å². The number of nitrogens with zero attached hydrogens (tertiary/aromatic N) is 2. The minimum absolute atomic E-state index is 0.128. The van der Waals surface area contributed by atoms with Crippen LogP contribution < -0.4 is 14.4 Å². The zero-order valence-corrected chi connectivity index (χ0v) is 17.9. The van der Waals surface area contributed by atoms with Crippen LogP contribution in [0, 0.1) is 0 Å². The first-order valence-electron chi connectivity index (χ1n) is 10.3. The maximum absolute atomic E-state index is 13.0. The summed E-state index contributed by atoms with van der Waals surface area (Å²) in [5.41, 5.74) is 3.19. The van der Waals surface area contributed by atoms with Crippen LogP contribution in [-0.2, 0) is 0 Å². The molecular formula is C23H28N2O3S. The third-order valence-corrected chi connectivity index (χ3v) is 6.97. The summed E-state index contributed by atoms with van der Waals surface area (Å²) in [4.78, 5) is 17.3. The first-order valence-corrected chi connectivity index (χ1v) is 11.4. The molecule has 1 fully saturated rings. The Bertz CT molecular complexity index is 852. The number of benzene rings is 2. The molecule has 0 bridgehead atoms. The number of hydrogen-bond acceptors (Lipinski definition) is 5. The van der Waals surface area contributed by atoms with E-state index in [1.54, 1.807) is 0 Å². The summed E-state index contributed by atoms with van der Waals surface area (Å²) in [5.74, 6) is 2.71. The highest BCUT2D eigenvalue weighted by Gasteiger charge is 2.24. The number of carbonyl (C=O) groups excluding carboxylic acids is 1. The zero-order chi connectivity index (χ0) is 20.2. The molecule has 1 saturated heterocycles. The number of carbonyl (C=O) groups is 1. The standard InChI is InChI=1S/C23H28N2O3S/c1-3-24(4-2)19-8-5-17(6-9-19)23(26)25-12-11-22(29-14-13-25)18-7-10-20-21(15-18)28-16-27-20/h5-10,15,22H,3-4,11-14,16H2,1-2H3. The second kappa shape index (κ2) is 8.99. The summed E-state index contributed by atoms with van der Waals surface area (Å²) in [6, 6.07) is 14.2. The van der Waals surface area contributed by atoms with Crippen molar-refractivity contribution < 1.29 is 14.3 Å². The monoisotopic (exact) mass is 412 g/mol. The highest BCUT2D eigenvalue weighted by atomic mass is 32.2. The molecule has 1 unspecified atom stereocenters. The SMILES string of the molecule is CCN(CC)c1ccc(C(=O)N2CCSC(c3ccc4c(c3)OCO4)CC2)cc1. The highest BCUT2D eigenvalue weighted by molar-refractivity contribution is 7.99. The van der Waals surface area contributed by atoms with E-state index in [1.165, 1.54) is 11.3 Å². The van der Waals surface area contributed by atoms with E-state index in [9.17, 15) is 4.79 Å². The van der Waals surface area contributed by atoms with E-state index < -0.39 is 0 Å². The maximum Gasteiger partial charge on any atom is 0.253 e. The summed E-state index contributed by atoms with van der Waals surface area (Å²) in [6.45, 7) is 8.07. The molecule has 2 aliphatic heterocycles. The molecule has 0 radical (unpaired) electrons. The molecular weight excluding hydrogens is 384 g/mol. The van der Waals surface area contributed by atoms with E-state index in [-0.39, 0.29) is 5.91 Å². The van der Waals surface area contributed by atoms with Gasteiger partial charge in [-0.3, -0.25) is 4.79 Å². The lowest BCUT2D eigenvalue weighted by atomic mass is 10.1. The third kappa shape index (κ3) is 4.32. The van der Waals surface area contributed by atoms with Crippen molar-refractivity contribution in [3.63, 3.8) is 0 Å². The second-order valence-corrected chi connectivity index (χ2v) is 8.58. The van der Waals surface area contributed by atoms with Crippen molar-refractivity contribution in [2.45, 2.75) is 25.5 Å². The van der Waals surface area contributed by atoms with Gasteiger partial charge in [0.05, 0.1) is 0 Å². The van der Waals surface area contributed by atoms with Gasteiger partial charge in [-0.1, -0.05) is 6.07 Å². The third-order valence-electron chi connectivity index (χ3n) is 5.64. The summed E-state index contributed by atoms with van der Waals surface area (Å²) >= 11 is 1.91. The molecule has 0 aromatic heterocycles. The van der Waals surface area contributed by atoms with Crippen molar-refractivity contribution in [1.29, 1.82) is 0 Å². The number of hydrogen-bond donors (Lipinski definition) is 0. The molecule has 1 amide bonds. The van der Waals surface area contributed by atoms with Crippen molar-refractivity contribution in [3.05, 3.63) is 53.6 Å². The maximum atomic E-state index is 13.0. The number of thioether (sulfide) groups is 1. The lowest BCUT2D eigenvalue weighted by molar-refractivity contribution is 0.0766. The fourth-order valence-corrected chi connectivity index (χ4v) is 5.16. The van der Waals surface area contributed by atoms with Gasteiger partial charge in [0.25, 0.3) is 5.91 Å². The molecule has 0 aliphatic carbocycles. The Morgan fingerprint density at radius 1 is 1.07 bits per heavy atom. The number of amides is 1. The molecule has 2 aromatic rings. The first-order chi connectivity index (χ1) is 14.2. The molecule has 154 valence electrons. The summed E-state index contributed by atoms with van der Waals surface area (Å²) < 4.78 is 10.9. The van der Waals surface area contributed by atoms with Crippen LogP contribution >= 0.6 is 11.8 Å². The Kier molecular flexibility index (Phi) is 6.19. The molecule has 0 saturated carbocycles. The van der Waals surface area contributed by atoms with Gasteiger partial charge in [0.2, 0.25) is 6.79 Å². The normalized spacial score (nSPS) is 18.4. The molecule has 2 heterocycles. The number of ether oxygens (including phenoxy) is 2. The topological polar surface area (TPSA) is 42.0 Å². The quantitative estimate of drug-likeness (QED) is 0.719. The van der Waals surface area contributed by atoms with Gasteiger partial charge < -0.3 is 19.3 Å². The van der Waals surface area contributed by atoms with Gasteiger partial charge >= 0.3 is 0 Å². The average molecular weight is 413 g/mol. The molecule has 0 N–H and O–H groups in total. The van der Waals surface area contributed by atoms with Crippen molar-refractivity contribution >= 4 is 23.4 Å². The Balaban J connectivity index is 1.41. The summed E-state index contributed by atoms with van der Waals surface area (Å²) in [7, 11) is 0. The molecule has 2 aliphatic rings. The molecule has 2 aromatic carbocycles. The summed E-state index contributed by atoms with van der Waals surface area (Å²) in [5, 5.41) is 0.368. The Labute approximate surface area is 177 Å². The van der Waals surface area contributed by atoms with E-state index in [1.807, 2.05) is 34.9 Å². The largest absolute Gasteiger partial charge is 0.454 e. The van der Waals surface area contributed by atoms with Crippen LogP contribution in [0.4, 0.5) is 5.69 Å². The van der Waals surface area contributed by atoms with Crippen LogP contribution in [0.5, 0.6) is 11.5 Å². The number of anilines is 1. The second-order valence-electron chi connectivity index (χ2n) is 7.27. The van der Waals surface area contributed by atoms with Crippen LogP contribution in [-0.4, -0.2) is 49.5 Å². The fourth-order valence-electron chi connectivity index (χ4n) is 3.94. The number of fused-ring (bicyclic) bond motifs is 1. The lowest BCUT2D eigenvalue weighted by Gasteiger charge is -2.23. The average Bonchev–Trinajstić information content (AvgIpc) is 3.09. The molecule has 1 atom stereocenters. The highest BCUT2D eigenvalue weighted by Crippen LogP contribution is 2.40. The smallest absolute Gasteiger partial charge is 0.253 e. The van der Waals surface area contributed by atoms with Crippen LogP contribution in [0.25, 0.3) is 0 Å². The van der Waals surface area contributed by atoms with Gasteiger partial charge in [-0.2, -0.15) is 11.8 Å². The minimum Gasteiger partial charge on any atom is -0.454 e. The molecule has 5 nitrogen and oxygen atoms in total. The Morgan fingerprint density at radius 3 is 2.59 bits per heavy atom. The van der Waals surface area contributed by atoms with Crippen molar-refractivity contribution in [3.8, 4) is 11.5 Å².